The fourth-order valence-corrected chi connectivity index (χ4v) is 3.85. The predicted octanol–water partition coefficient (Wildman–Crippen LogP) is 2.58. The average Bonchev–Trinajstić information content (AvgIpc) is 3.01. The van der Waals surface area contributed by atoms with Crippen molar-refractivity contribution in [3.63, 3.8) is 0 Å². The number of amides is 1. The number of nitrogens with one attached hydrogen (secondary N) is 1. The van der Waals surface area contributed by atoms with E-state index in [1.165, 1.54) is 0 Å². The molecule has 2 heterocycles. The number of hydrogen-bond acceptors (Lipinski definition) is 4. The minimum absolute atomic E-state index is 0.158. The van der Waals surface area contributed by atoms with Gasteiger partial charge in [-0.05, 0) is 42.9 Å². The zero-order valence-corrected chi connectivity index (χ0v) is 13.0. The molecule has 1 aliphatic heterocycles. The summed E-state index contributed by atoms with van der Waals surface area (Å²) in [4.78, 5) is 23.0. The monoisotopic (exact) mass is 308 g/mol. The average molecular weight is 308 g/mol. The zero-order chi connectivity index (χ0) is 15.7. The van der Waals surface area contributed by atoms with Crippen LogP contribution < -0.4 is 5.32 Å². The molecule has 1 spiro atoms. The number of aromatic nitrogens is 2. The lowest BCUT2D eigenvalue weighted by Crippen LogP contribution is -2.47. The molecule has 1 amide bonds. The molecule has 1 N–H and O–H groups in total. The Labute approximate surface area is 135 Å². The number of hydrogen-bond donors (Lipinski definition) is 1. The van der Waals surface area contributed by atoms with Gasteiger partial charge in [-0.2, -0.15) is 0 Å². The Hall–Kier alpha value is -2.43. The van der Waals surface area contributed by atoms with Crippen molar-refractivity contribution in [2.45, 2.75) is 25.3 Å². The van der Waals surface area contributed by atoms with Crippen LogP contribution in [0.4, 0.5) is 5.95 Å². The number of likely N-dealkylation sites (tertiary alicyclic amines) is 1. The first-order valence-electron chi connectivity index (χ1n) is 8.12. The maximum Gasteiger partial charge on any atom is 0.253 e. The highest BCUT2D eigenvalue weighted by atomic mass is 16.2. The summed E-state index contributed by atoms with van der Waals surface area (Å²) in [6, 6.07) is 11.8. The number of rotatable bonds is 3. The van der Waals surface area contributed by atoms with Crippen LogP contribution in [0, 0.1) is 5.41 Å². The molecule has 118 valence electrons. The van der Waals surface area contributed by atoms with Gasteiger partial charge in [0.1, 0.15) is 0 Å². The molecule has 1 saturated heterocycles. The Morgan fingerprint density at radius 1 is 1.13 bits per heavy atom. The van der Waals surface area contributed by atoms with Crippen molar-refractivity contribution in [3.05, 3.63) is 54.4 Å². The van der Waals surface area contributed by atoms with Gasteiger partial charge < -0.3 is 10.2 Å². The highest BCUT2D eigenvalue weighted by Crippen LogP contribution is 2.49. The van der Waals surface area contributed by atoms with E-state index in [4.69, 9.17) is 0 Å². The van der Waals surface area contributed by atoms with Crippen LogP contribution in [0.1, 0.15) is 29.6 Å². The molecule has 1 aromatic carbocycles. The Kier molecular flexibility index (Phi) is 3.48. The minimum Gasteiger partial charge on any atom is -0.351 e. The molecule has 4 rings (SSSR count). The van der Waals surface area contributed by atoms with Gasteiger partial charge in [0.15, 0.2) is 0 Å². The fraction of sp³-hybridized carbons (Fsp3) is 0.389. The SMILES string of the molecule is O=C(c1ccccc1)N1CCC2(CC(Nc3ncccn3)C2)C1. The Bertz CT molecular complexity index is 683. The van der Waals surface area contributed by atoms with Gasteiger partial charge in [-0.15, -0.1) is 0 Å². The second-order valence-corrected chi connectivity index (χ2v) is 6.66. The first kappa shape index (κ1) is 14.2. The molecule has 2 aromatic rings. The van der Waals surface area contributed by atoms with Crippen molar-refractivity contribution in [1.82, 2.24) is 14.9 Å². The number of nitrogens with zero attached hydrogens (tertiary/aromatic N) is 3. The summed E-state index contributed by atoms with van der Waals surface area (Å²) in [5.74, 6) is 0.854. The predicted molar refractivity (Wildman–Crippen MR) is 88.1 cm³/mol. The summed E-state index contributed by atoms with van der Waals surface area (Å²) < 4.78 is 0. The van der Waals surface area contributed by atoms with Gasteiger partial charge in [0.05, 0.1) is 0 Å². The van der Waals surface area contributed by atoms with Crippen molar-refractivity contribution in [2.75, 3.05) is 18.4 Å². The van der Waals surface area contributed by atoms with E-state index < -0.39 is 0 Å². The van der Waals surface area contributed by atoms with E-state index in [1.807, 2.05) is 41.3 Å². The van der Waals surface area contributed by atoms with Crippen LogP contribution in [0.25, 0.3) is 0 Å². The van der Waals surface area contributed by atoms with E-state index in [1.54, 1.807) is 12.4 Å². The Morgan fingerprint density at radius 2 is 1.87 bits per heavy atom. The molecule has 2 fully saturated rings. The van der Waals surface area contributed by atoms with Crippen molar-refractivity contribution >= 4 is 11.9 Å². The summed E-state index contributed by atoms with van der Waals surface area (Å²) in [5.41, 5.74) is 1.08. The molecule has 1 aromatic heterocycles. The normalized spacial score (nSPS) is 26.1. The van der Waals surface area contributed by atoms with Crippen LogP contribution in [-0.2, 0) is 0 Å². The topological polar surface area (TPSA) is 58.1 Å². The molecule has 0 bridgehead atoms. The van der Waals surface area contributed by atoms with E-state index in [0.29, 0.717) is 12.0 Å². The van der Waals surface area contributed by atoms with E-state index in [9.17, 15) is 4.79 Å². The first-order valence-corrected chi connectivity index (χ1v) is 8.12. The summed E-state index contributed by atoms with van der Waals surface area (Å²) >= 11 is 0. The highest BCUT2D eigenvalue weighted by molar-refractivity contribution is 5.94. The van der Waals surface area contributed by atoms with Gasteiger partial charge >= 0.3 is 0 Å². The number of benzene rings is 1. The third-order valence-electron chi connectivity index (χ3n) is 5.00. The van der Waals surface area contributed by atoms with E-state index in [-0.39, 0.29) is 11.3 Å². The molecule has 0 atom stereocenters. The van der Waals surface area contributed by atoms with Crippen LogP contribution in [0.3, 0.4) is 0 Å². The van der Waals surface area contributed by atoms with Gasteiger partial charge in [-0.1, -0.05) is 18.2 Å². The van der Waals surface area contributed by atoms with Crippen LogP contribution in [0.15, 0.2) is 48.8 Å². The van der Waals surface area contributed by atoms with Gasteiger partial charge in [0, 0.05) is 37.1 Å². The smallest absolute Gasteiger partial charge is 0.253 e. The number of carbonyl (C=O) groups excluding carboxylic acids is 1. The first-order chi connectivity index (χ1) is 11.2. The lowest BCUT2D eigenvalue weighted by atomic mass is 9.65. The third-order valence-corrected chi connectivity index (χ3v) is 5.00. The Morgan fingerprint density at radius 3 is 2.61 bits per heavy atom. The van der Waals surface area contributed by atoms with Gasteiger partial charge in [-0.25, -0.2) is 9.97 Å². The molecule has 0 unspecified atom stereocenters. The molecule has 1 aliphatic carbocycles. The molecule has 5 heteroatoms. The largest absolute Gasteiger partial charge is 0.351 e. The lowest BCUT2D eigenvalue weighted by Gasteiger charge is -2.45. The maximum absolute atomic E-state index is 12.5. The lowest BCUT2D eigenvalue weighted by molar-refractivity contribution is 0.0715. The summed E-state index contributed by atoms with van der Waals surface area (Å²) in [6.07, 6.45) is 6.77. The van der Waals surface area contributed by atoms with E-state index in [2.05, 4.69) is 15.3 Å². The molecule has 5 nitrogen and oxygen atoms in total. The standard InChI is InChI=1S/C18H20N4O/c23-16(14-5-2-1-3-6-14)22-10-7-18(13-22)11-15(12-18)21-17-19-8-4-9-20-17/h1-6,8-9,15H,7,10-13H2,(H,19,20,21). The molecule has 2 aliphatic rings. The van der Waals surface area contributed by atoms with Crippen LogP contribution in [0.2, 0.25) is 0 Å². The highest BCUT2D eigenvalue weighted by Gasteiger charge is 2.49. The second kappa shape index (κ2) is 5.65. The van der Waals surface area contributed by atoms with Gasteiger partial charge in [0.2, 0.25) is 5.95 Å². The zero-order valence-electron chi connectivity index (χ0n) is 13.0. The molecule has 23 heavy (non-hydrogen) atoms. The van der Waals surface area contributed by atoms with Crippen molar-refractivity contribution in [3.8, 4) is 0 Å². The summed E-state index contributed by atoms with van der Waals surface area (Å²) in [6.45, 7) is 1.73. The second-order valence-electron chi connectivity index (χ2n) is 6.66. The molecular formula is C18H20N4O. The van der Waals surface area contributed by atoms with Crippen LogP contribution in [0.5, 0.6) is 0 Å². The fourth-order valence-electron chi connectivity index (χ4n) is 3.85. The molecular weight excluding hydrogens is 288 g/mol. The van der Waals surface area contributed by atoms with E-state index in [0.717, 1.165) is 37.9 Å². The molecule has 1 saturated carbocycles. The summed E-state index contributed by atoms with van der Waals surface area (Å²) in [7, 11) is 0. The van der Waals surface area contributed by atoms with Crippen LogP contribution in [-0.4, -0.2) is 39.9 Å². The summed E-state index contributed by atoms with van der Waals surface area (Å²) in [5, 5.41) is 3.38. The van der Waals surface area contributed by atoms with E-state index >= 15 is 0 Å². The van der Waals surface area contributed by atoms with Gasteiger partial charge in [0.25, 0.3) is 5.91 Å². The Balaban J connectivity index is 1.34. The quantitative estimate of drug-likeness (QED) is 0.947. The third kappa shape index (κ3) is 2.79. The van der Waals surface area contributed by atoms with Crippen molar-refractivity contribution in [2.24, 2.45) is 5.41 Å². The van der Waals surface area contributed by atoms with Gasteiger partial charge in [-0.3, -0.25) is 4.79 Å². The van der Waals surface area contributed by atoms with Crippen molar-refractivity contribution < 1.29 is 4.79 Å². The minimum atomic E-state index is 0.158. The van der Waals surface area contributed by atoms with Crippen LogP contribution >= 0.6 is 0 Å². The molecule has 0 radical (unpaired) electrons. The maximum atomic E-state index is 12.5. The number of anilines is 1. The van der Waals surface area contributed by atoms with Crippen molar-refractivity contribution in [1.29, 1.82) is 0 Å². The number of carbonyl (C=O) groups is 1.